The van der Waals surface area contributed by atoms with Crippen LogP contribution in [-0.2, 0) is 11.2 Å². The first-order valence-corrected chi connectivity index (χ1v) is 4.71. The van der Waals surface area contributed by atoms with Crippen LogP contribution in [0.15, 0.2) is 34.9 Å². The van der Waals surface area contributed by atoms with Crippen molar-refractivity contribution in [3.8, 4) is 0 Å². The first-order chi connectivity index (χ1) is 6.79. The van der Waals surface area contributed by atoms with Crippen molar-refractivity contribution in [3.05, 3.63) is 36.1 Å². The van der Waals surface area contributed by atoms with Crippen molar-refractivity contribution in [1.29, 1.82) is 0 Å². The predicted molar refractivity (Wildman–Crippen MR) is 55.1 cm³/mol. The Morgan fingerprint density at radius 3 is 3.07 bits per heavy atom. The van der Waals surface area contributed by atoms with Crippen molar-refractivity contribution < 1.29 is 9.21 Å². The molecule has 2 aromatic rings. The monoisotopic (exact) mass is 188 g/mol. The molecule has 1 aromatic carbocycles. The third kappa shape index (κ3) is 1.69. The zero-order valence-electron chi connectivity index (χ0n) is 8.07. The van der Waals surface area contributed by atoms with Crippen LogP contribution in [0.4, 0.5) is 0 Å². The summed E-state index contributed by atoms with van der Waals surface area (Å²) in [4.78, 5) is 10.5. The summed E-state index contributed by atoms with van der Waals surface area (Å²) >= 11 is 0. The Labute approximate surface area is 82.5 Å². The molecule has 2 heteroatoms. The SMILES string of the molecule is CC(C=O)Cc1ccc2occc2c1. The van der Waals surface area contributed by atoms with Gasteiger partial charge < -0.3 is 9.21 Å². The van der Waals surface area contributed by atoms with Gasteiger partial charge in [0.2, 0.25) is 0 Å². The Balaban J connectivity index is 2.29. The molecule has 1 aromatic heterocycles. The lowest BCUT2D eigenvalue weighted by molar-refractivity contribution is -0.110. The molecule has 1 heterocycles. The van der Waals surface area contributed by atoms with Gasteiger partial charge >= 0.3 is 0 Å². The molecule has 1 unspecified atom stereocenters. The highest BCUT2D eigenvalue weighted by Crippen LogP contribution is 2.18. The van der Waals surface area contributed by atoms with Gasteiger partial charge in [0, 0.05) is 11.3 Å². The number of fused-ring (bicyclic) bond motifs is 1. The lowest BCUT2D eigenvalue weighted by Gasteiger charge is -2.02. The van der Waals surface area contributed by atoms with Crippen molar-refractivity contribution in [2.75, 3.05) is 0 Å². The maximum atomic E-state index is 10.5. The van der Waals surface area contributed by atoms with Gasteiger partial charge in [-0.1, -0.05) is 13.0 Å². The molecule has 0 N–H and O–H groups in total. The van der Waals surface area contributed by atoms with Gasteiger partial charge in [-0.3, -0.25) is 0 Å². The summed E-state index contributed by atoms with van der Waals surface area (Å²) in [5.41, 5.74) is 2.08. The number of hydrogen-bond acceptors (Lipinski definition) is 2. The molecule has 0 saturated carbocycles. The number of rotatable bonds is 3. The minimum absolute atomic E-state index is 0.0827. The van der Waals surface area contributed by atoms with Crippen molar-refractivity contribution in [2.45, 2.75) is 13.3 Å². The van der Waals surface area contributed by atoms with Gasteiger partial charge in [0.15, 0.2) is 0 Å². The highest BCUT2D eigenvalue weighted by atomic mass is 16.3. The topological polar surface area (TPSA) is 30.2 Å². The van der Waals surface area contributed by atoms with E-state index < -0.39 is 0 Å². The lowest BCUT2D eigenvalue weighted by atomic mass is 10.0. The van der Waals surface area contributed by atoms with Gasteiger partial charge in [0.05, 0.1) is 6.26 Å². The second-order valence-electron chi connectivity index (χ2n) is 3.61. The first kappa shape index (κ1) is 9.00. The summed E-state index contributed by atoms with van der Waals surface area (Å²) in [6, 6.07) is 7.96. The Morgan fingerprint density at radius 2 is 2.29 bits per heavy atom. The first-order valence-electron chi connectivity index (χ1n) is 4.71. The summed E-state index contributed by atoms with van der Waals surface area (Å²) < 4.78 is 5.23. The van der Waals surface area contributed by atoms with Gasteiger partial charge in [-0.15, -0.1) is 0 Å². The van der Waals surface area contributed by atoms with Crippen molar-refractivity contribution in [1.82, 2.24) is 0 Å². The molecule has 0 aliphatic carbocycles. The molecular weight excluding hydrogens is 176 g/mol. The van der Waals surface area contributed by atoms with Gasteiger partial charge in [0.1, 0.15) is 11.9 Å². The fourth-order valence-electron chi connectivity index (χ4n) is 1.56. The van der Waals surface area contributed by atoms with E-state index in [1.807, 2.05) is 25.1 Å². The molecule has 0 amide bonds. The summed E-state index contributed by atoms with van der Waals surface area (Å²) in [5, 5.41) is 1.10. The third-order valence-corrected chi connectivity index (χ3v) is 2.31. The van der Waals surface area contributed by atoms with Crippen molar-refractivity contribution in [2.24, 2.45) is 5.92 Å². The maximum Gasteiger partial charge on any atom is 0.133 e. The van der Waals surface area contributed by atoms with E-state index >= 15 is 0 Å². The summed E-state index contributed by atoms with van der Waals surface area (Å²) in [6.45, 7) is 1.92. The average Bonchev–Trinajstić information content (AvgIpc) is 2.64. The molecule has 0 bridgehead atoms. The third-order valence-electron chi connectivity index (χ3n) is 2.31. The number of furan rings is 1. The Kier molecular flexibility index (Phi) is 2.35. The van der Waals surface area contributed by atoms with Crippen LogP contribution in [-0.4, -0.2) is 6.29 Å². The van der Waals surface area contributed by atoms with E-state index in [2.05, 4.69) is 6.07 Å². The number of carbonyl (C=O) groups is 1. The number of carbonyl (C=O) groups excluding carboxylic acids is 1. The van der Waals surface area contributed by atoms with Gasteiger partial charge in [0.25, 0.3) is 0 Å². The van der Waals surface area contributed by atoms with Crippen LogP contribution in [0.1, 0.15) is 12.5 Å². The molecule has 0 fully saturated rings. The second-order valence-corrected chi connectivity index (χ2v) is 3.61. The second kappa shape index (κ2) is 3.66. The smallest absolute Gasteiger partial charge is 0.133 e. The van der Waals surface area contributed by atoms with Gasteiger partial charge in [-0.25, -0.2) is 0 Å². The molecule has 0 radical (unpaired) electrons. The highest BCUT2D eigenvalue weighted by Gasteiger charge is 2.03. The van der Waals surface area contributed by atoms with Crippen LogP contribution in [0, 0.1) is 5.92 Å². The quantitative estimate of drug-likeness (QED) is 0.693. The molecule has 0 aliphatic heterocycles. The Hall–Kier alpha value is -1.57. The van der Waals surface area contributed by atoms with E-state index in [0.29, 0.717) is 0 Å². The summed E-state index contributed by atoms with van der Waals surface area (Å²) in [5.74, 6) is 0.0827. The minimum Gasteiger partial charge on any atom is -0.464 e. The highest BCUT2D eigenvalue weighted by molar-refractivity contribution is 5.77. The Bertz CT molecular complexity index is 442. The van der Waals surface area contributed by atoms with E-state index in [1.165, 1.54) is 5.56 Å². The normalized spacial score (nSPS) is 12.9. The van der Waals surface area contributed by atoms with Crippen molar-refractivity contribution >= 4 is 17.3 Å². The molecular formula is C12H12O2. The van der Waals surface area contributed by atoms with Gasteiger partial charge in [-0.05, 0) is 30.2 Å². The van der Waals surface area contributed by atoms with Crippen LogP contribution in [0.3, 0.4) is 0 Å². The summed E-state index contributed by atoms with van der Waals surface area (Å²) in [7, 11) is 0. The molecule has 2 nitrogen and oxygen atoms in total. The van der Waals surface area contributed by atoms with E-state index in [-0.39, 0.29) is 5.92 Å². The lowest BCUT2D eigenvalue weighted by Crippen LogP contribution is -1.99. The van der Waals surface area contributed by atoms with Crippen LogP contribution in [0.5, 0.6) is 0 Å². The number of benzene rings is 1. The van der Waals surface area contributed by atoms with E-state index in [4.69, 9.17) is 4.42 Å². The largest absolute Gasteiger partial charge is 0.464 e. The molecule has 0 spiro atoms. The summed E-state index contributed by atoms with van der Waals surface area (Å²) in [6.07, 6.45) is 3.46. The predicted octanol–water partition coefficient (Wildman–Crippen LogP) is 2.81. The van der Waals surface area contributed by atoms with E-state index in [1.54, 1.807) is 6.26 Å². The molecule has 0 saturated heterocycles. The average molecular weight is 188 g/mol. The minimum atomic E-state index is 0.0827. The van der Waals surface area contributed by atoms with Crippen LogP contribution in [0.25, 0.3) is 11.0 Å². The molecule has 14 heavy (non-hydrogen) atoms. The molecule has 0 aliphatic rings. The Morgan fingerprint density at radius 1 is 1.43 bits per heavy atom. The van der Waals surface area contributed by atoms with E-state index in [0.717, 1.165) is 23.7 Å². The zero-order valence-corrected chi connectivity index (χ0v) is 8.07. The maximum absolute atomic E-state index is 10.5. The molecule has 1 atom stereocenters. The van der Waals surface area contributed by atoms with Crippen LogP contribution in [0.2, 0.25) is 0 Å². The van der Waals surface area contributed by atoms with E-state index in [9.17, 15) is 4.79 Å². The fraction of sp³-hybridized carbons (Fsp3) is 0.250. The molecule has 2 rings (SSSR count). The van der Waals surface area contributed by atoms with Crippen molar-refractivity contribution in [3.63, 3.8) is 0 Å². The van der Waals surface area contributed by atoms with Crippen LogP contribution >= 0.6 is 0 Å². The zero-order chi connectivity index (χ0) is 9.97. The van der Waals surface area contributed by atoms with Gasteiger partial charge in [-0.2, -0.15) is 0 Å². The standard InChI is InChI=1S/C12H12O2/c1-9(8-13)6-10-2-3-12-11(7-10)4-5-14-12/h2-5,7-9H,6H2,1H3. The molecule has 72 valence electrons. The fourth-order valence-corrected chi connectivity index (χ4v) is 1.56. The number of hydrogen-bond donors (Lipinski definition) is 0. The number of aldehydes is 1. The van der Waals surface area contributed by atoms with Crippen LogP contribution < -0.4 is 0 Å².